The van der Waals surface area contributed by atoms with Gasteiger partial charge in [-0.3, -0.25) is 4.79 Å². The number of nitrogens with one attached hydrogen (secondary N) is 2. The number of hydrogen-bond acceptors (Lipinski definition) is 5. The lowest BCUT2D eigenvalue weighted by molar-refractivity contribution is -0.142. The maximum atomic E-state index is 13.5. The van der Waals surface area contributed by atoms with Gasteiger partial charge in [0.1, 0.15) is 17.5 Å². The molecule has 194 valence electrons. The Bertz CT molecular complexity index is 1510. The molecule has 0 saturated carbocycles. The Kier molecular flexibility index (Phi) is 8.34. The number of para-hydroxylation sites is 2. The fourth-order valence-electron chi connectivity index (χ4n) is 4.12. The number of rotatable bonds is 8. The number of hydrogen-bond donors (Lipinski definition) is 2. The van der Waals surface area contributed by atoms with Crippen LogP contribution in [0, 0.1) is 11.8 Å². The van der Waals surface area contributed by atoms with Crippen molar-refractivity contribution in [3.8, 4) is 23.3 Å². The van der Waals surface area contributed by atoms with Crippen LogP contribution in [0.25, 0.3) is 10.9 Å². The third-order valence-electron chi connectivity index (χ3n) is 5.93. The molecule has 1 amide bonds. The summed E-state index contributed by atoms with van der Waals surface area (Å²) in [4.78, 5) is 29.4. The molecule has 0 aliphatic rings. The lowest BCUT2D eigenvalue weighted by Gasteiger charge is -2.19. The summed E-state index contributed by atoms with van der Waals surface area (Å²) in [6.45, 7) is 3.76. The van der Waals surface area contributed by atoms with E-state index in [2.05, 4.69) is 22.1 Å². The van der Waals surface area contributed by atoms with Crippen LogP contribution in [0.3, 0.4) is 0 Å². The molecular weight excluding hydrogens is 480 g/mol. The molecular formula is C31H30N2O5. The highest BCUT2D eigenvalue weighted by atomic mass is 16.5. The van der Waals surface area contributed by atoms with E-state index in [1.165, 1.54) is 7.11 Å². The number of benzene rings is 3. The van der Waals surface area contributed by atoms with Gasteiger partial charge in [-0.05, 0) is 55.8 Å². The maximum Gasteiger partial charge on any atom is 0.328 e. The molecule has 0 saturated heterocycles. The van der Waals surface area contributed by atoms with Gasteiger partial charge in [0.05, 0.1) is 31.5 Å². The zero-order chi connectivity index (χ0) is 27.1. The number of methoxy groups -OCH3 is 2. The molecule has 38 heavy (non-hydrogen) atoms. The molecule has 1 heterocycles. The van der Waals surface area contributed by atoms with Crippen molar-refractivity contribution in [2.24, 2.45) is 0 Å². The molecule has 2 N–H and O–H groups in total. The number of amides is 1. The molecule has 7 nitrogen and oxygen atoms in total. The van der Waals surface area contributed by atoms with E-state index in [4.69, 9.17) is 14.2 Å². The van der Waals surface area contributed by atoms with Crippen molar-refractivity contribution in [2.75, 3.05) is 14.2 Å². The van der Waals surface area contributed by atoms with E-state index in [1.54, 1.807) is 25.3 Å². The number of aromatic amines is 1. The minimum atomic E-state index is -0.901. The summed E-state index contributed by atoms with van der Waals surface area (Å²) in [6.07, 6.45) is 1.94. The third kappa shape index (κ3) is 6.16. The molecule has 1 atom stereocenters. The predicted octanol–water partition coefficient (Wildman–Crippen LogP) is 4.88. The SMILES string of the molecule is COC(=O)[C@@H](Cc1c[nH]c2ccccc12)NC(=O)c1cc(C#Cc2ccccc2OC)ccc1OC(C)C. The predicted molar refractivity (Wildman–Crippen MR) is 146 cm³/mol. The van der Waals surface area contributed by atoms with Gasteiger partial charge in [-0.25, -0.2) is 4.79 Å². The van der Waals surface area contributed by atoms with Gasteiger partial charge in [0, 0.05) is 29.1 Å². The van der Waals surface area contributed by atoms with Gasteiger partial charge in [0.25, 0.3) is 5.91 Å². The average Bonchev–Trinajstić information content (AvgIpc) is 3.34. The molecule has 0 fully saturated rings. The van der Waals surface area contributed by atoms with Crippen molar-refractivity contribution in [1.29, 1.82) is 0 Å². The topological polar surface area (TPSA) is 89.7 Å². The second kappa shape index (κ2) is 12.0. The van der Waals surface area contributed by atoms with Crippen LogP contribution in [-0.4, -0.2) is 43.2 Å². The monoisotopic (exact) mass is 510 g/mol. The van der Waals surface area contributed by atoms with Gasteiger partial charge >= 0.3 is 5.97 Å². The van der Waals surface area contributed by atoms with Gasteiger partial charge < -0.3 is 24.5 Å². The summed E-state index contributed by atoms with van der Waals surface area (Å²) in [7, 11) is 2.90. The molecule has 0 unspecified atom stereocenters. The number of aromatic nitrogens is 1. The van der Waals surface area contributed by atoms with Gasteiger partial charge in [-0.15, -0.1) is 0 Å². The highest BCUT2D eigenvalue weighted by Crippen LogP contribution is 2.24. The average molecular weight is 511 g/mol. The number of ether oxygens (including phenoxy) is 3. The molecule has 0 bridgehead atoms. The van der Waals surface area contributed by atoms with Crippen LogP contribution in [0.1, 0.15) is 40.9 Å². The normalized spacial score (nSPS) is 11.4. The minimum absolute atomic E-state index is 0.158. The van der Waals surface area contributed by atoms with E-state index in [1.807, 2.05) is 68.6 Å². The Balaban J connectivity index is 1.64. The van der Waals surface area contributed by atoms with Crippen molar-refractivity contribution >= 4 is 22.8 Å². The van der Waals surface area contributed by atoms with Crippen molar-refractivity contribution in [1.82, 2.24) is 10.3 Å². The van der Waals surface area contributed by atoms with E-state index in [9.17, 15) is 9.59 Å². The second-order valence-corrected chi connectivity index (χ2v) is 8.94. The molecule has 0 spiro atoms. The first kappa shape index (κ1) is 26.4. The van der Waals surface area contributed by atoms with Crippen LogP contribution in [0.15, 0.2) is 72.9 Å². The fourth-order valence-corrected chi connectivity index (χ4v) is 4.12. The lowest BCUT2D eigenvalue weighted by Crippen LogP contribution is -2.43. The van der Waals surface area contributed by atoms with Crippen LogP contribution in [-0.2, 0) is 16.0 Å². The Hall–Kier alpha value is -4.70. The molecule has 0 aliphatic heterocycles. The number of carbonyl (C=O) groups is 2. The van der Waals surface area contributed by atoms with Crippen molar-refractivity contribution in [3.63, 3.8) is 0 Å². The van der Waals surface area contributed by atoms with Crippen LogP contribution in [0.5, 0.6) is 11.5 Å². The number of carbonyl (C=O) groups excluding carboxylic acids is 2. The maximum absolute atomic E-state index is 13.5. The van der Waals surface area contributed by atoms with Crippen LogP contribution in [0.4, 0.5) is 0 Å². The van der Waals surface area contributed by atoms with Crippen LogP contribution in [0.2, 0.25) is 0 Å². The lowest BCUT2D eigenvalue weighted by atomic mass is 10.0. The molecule has 1 aromatic heterocycles. The van der Waals surface area contributed by atoms with Gasteiger partial charge in [-0.1, -0.05) is 42.2 Å². The first-order valence-electron chi connectivity index (χ1n) is 12.3. The Morgan fingerprint density at radius 1 is 0.947 bits per heavy atom. The summed E-state index contributed by atoms with van der Waals surface area (Å²) in [5.41, 5.74) is 3.47. The smallest absolute Gasteiger partial charge is 0.328 e. The third-order valence-corrected chi connectivity index (χ3v) is 5.93. The van der Waals surface area contributed by atoms with E-state index in [-0.39, 0.29) is 18.1 Å². The fraction of sp³-hybridized carbons (Fsp3) is 0.226. The molecule has 3 aromatic carbocycles. The van der Waals surface area contributed by atoms with E-state index < -0.39 is 17.9 Å². The van der Waals surface area contributed by atoms with Crippen LogP contribution >= 0.6 is 0 Å². The number of fused-ring (bicyclic) bond motifs is 1. The van der Waals surface area contributed by atoms with Gasteiger partial charge in [-0.2, -0.15) is 0 Å². The van der Waals surface area contributed by atoms with E-state index >= 15 is 0 Å². The van der Waals surface area contributed by atoms with Crippen LogP contribution < -0.4 is 14.8 Å². The largest absolute Gasteiger partial charge is 0.495 e. The zero-order valence-corrected chi connectivity index (χ0v) is 21.8. The quantitative estimate of drug-likeness (QED) is 0.261. The number of H-pyrrole nitrogens is 1. The van der Waals surface area contributed by atoms with Crippen molar-refractivity contribution in [3.05, 3.63) is 95.2 Å². The standard InChI is InChI=1S/C31H30N2O5/c1-20(2)38-29-16-14-21(13-15-22-9-5-8-12-28(22)36-3)17-25(29)30(34)33-27(31(35)37-4)18-23-19-32-26-11-7-6-10-24(23)26/h5-12,14,16-17,19-20,27,32H,18H2,1-4H3,(H,33,34)/t27-/m1/s1. The Morgan fingerprint density at radius 3 is 2.47 bits per heavy atom. The summed E-state index contributed by atoms with van der Waals surface area (Å²) in [5.74, 6) is 6.25. The second-order valence-electron chi connectivity index (χ2n) is 8.94. The molecule has 4 aromatic rings. The highest BCUT2D eigenvalue weighted by molar-refractivity contribution is 5.99. The minimum Gasteiger partial charge on any atom is -0.495 e. The summed E-state index contributed by atoms with van der Waals surface area (Å²) in [6, 6.07) is 19.5. The van der Waals surface area contributed by atoms with E-state index in [0.29, 0.717) is 17.1 Å². The van der Waals surface area contributed by atoms with Gasteiger partial charge in [0.15, 0.2) is 0 Å². The molecule has 7 heteroatoms. The van der Waals surface area contributed by atoms with E-state index in [0.717, 1.165) is 22.0 Å². The highest BCUT2D eigenvalue weighted by Gasteiger charge is 2.25. The summed E-state index contributed by atoms with van der Waals surface area (Å²) < 4.78 is 16.3. The Labute approximate surface area is 222 Å². The molecule has 0 radical (unpaired) electrons. The van der Waals surface area contributed by atoms with Crippen molar-refractivity contribution < 1.29 is 23.8 Å². The van der Waals surface area contributed by atoms with Crippen molar-refractivity contribution in [2.45, 2.75) is 32.4 Å². The Morgan fingerprint density at radius 2 is 1.71 bits per heavy atom. The molecule has 0 aliphatic carbocycles. The summed E-state index contributed by atoms with van der Waals surface area (Å²) in [5, 5.41) is 3.82. The molecule has 4 rings (SSSR count). The first-order chi connectivity index (χ1) is 18.4. The zero-order valence-electron chi connectivity index (χ0n) is 21.8. The van der Waals surface area contributed by atoms with Gasteiger partial charge in [0.2, 0.25) is 0 Å². The number of esters is 1. The first-order valence-corrected chi connectivity index (χ1v) is 12.3. The summed E-state index contributed by atoms with van der Waals surface area (Å²) >= 11 is 0.